The Bertz CT molecular complexity index is 887. The summed E-state index contributed by atoms with van der Waals surface area (Å²) < 4.78 is 5.40. The minimum Gasteiger partial charge on any atom is -0.367 e. The predicted molar refractivity (Wildman–Crippen MR) is 108 cm³/mol. The van der Waals surface area contributed by atoms with Gasteiger partial charge < -0.3 is 9.84 Å². The molecule has 3 aromatic heterocycles. The van der Waals surface area contributed by atoms with E-state index in [1.807, 2.05) is 44.3 Å². The van der Waals surface area contributed by atoms with Crippen LogP contribution in [0.4, 0.5) is 5.82 Å². The van der Waals surface area contributed by atoms with Crippen LogP contribution in [0.5, 0.6) is 0 Å². The monoisotopic (exact) mass is 378 g/mol. The molecule has 7 heteroatoms. The summed E-state index contributed by atoms with van der Waals surface area (Å²) in [5.74, 6) is 2.36. The molecule has 1 aliphatic rings. The lowest BCUT2D eigenvalue weighted by atomic mass is 10.0. The van der Waals surface area contributed by atoms with Crippen molar-refractivity contribution in [2.75, 3.05) is 18.4 Å². The fraction of sp³-hybridized carbons (Fsp3) is 0.429. The SMILES string of the molecule is CC(C)c1noc(-c2ccnc(NC3CCN(Cc4ccccn4)CC3)c2)n1. The van der Waals surface area contributed by atoms with E-state index in [9.17, 15) is 0 Å². The van der Waals surface area contributed by atoms with Crippen LogP contribution in [0.15, 0.2) is 47.2 Å². The molecule has 0 saturated carbocycles. The van der Waals surface area contributed by atoms with Gasteiger partial charge in [0.25, 0.3) is 5.89 Å². The van der Waals surface area contributed by atoms with Crippen LogP contribution in [0, 0.1) is 0 Å². The molecule has 0 radical (unpaired) electrons. The van der Waals surface area contributed by atoms with Crippen LogP contribution in [-0.4, -0.2) is 44.1 Å². The van der Waals surface area contributed by atoms with Crippen LogP contribution in [0.25, 0.3) is 11.5 Å². The normalized spacial score (nSPS) is 15.8. The second-order valence-corrected chi connectivity index (χ2v) is 7.56. The van der Waals surface area contributed by atoms with Gasteiger partial charge in [-0.3, -0.25) is 9.88 Å². The molecule has 28 heavy (non-hydrogen) atoms. The largest absolute Gasteiger partial charge is 0.367 e. The molecule has 1 saturated heterocycles. The van der Waals surface area contributed by atoms with Gasteiger partial charge in [0.05, 0.1) is 5.69 Å². The molecule has 4 rings (SSSR count). The van der Waals surface area contributed by atoms with E-state index in [2.05, 4.69) is 36.4 Å². The average molecular weight is 378 g/mol. The Hall–Kier alpha value is -2.80. The molecule has 0 unspecified atom stereocenters. The van der Waals surface area contributed by atoms with E-state index in [4.69, 9.17) is 4.52 Å². The average Bonchev–Trinajstić information content (AvgIpc) is 3.21. The van der Waals surface area contributed by atoms with E-state index < -0.39 is 0 Å². The summed E-state index contributed by atoms with van der Waals surface area (Å²) in [7, 11) is 0. The number of hydrogen-bond donors (Lipinski definition) is 1. The third-order valence-corrected chi connectivity index (χ3v) is 5.02. The minimum atomic E-state index is 0.244. The second kappa shape index (κ2) is 8.48. The maximum atomic E-state index is 5.40. The van der Waals surface area contributed by atoms with Crippen LogP contribution in [-0.2, 0) is 6.54 Å². The number of hydrogen-bond acceptors (Lipinski definition) is 7. The molecular formula is C21H26N6O. The van der Waals surface area contributed by atoms with Crippen molar-refractivity contribution < 1.29 is 4.52 Å². The van der Waals surface area contributed by atoms with Crippen molar-refractivity contribution in [1.82, 2.24) is 25.0 Å². The van der Waals surface area contributed by atoms with Crippen molar-refractivity contribution in [3.63, 3.8) is 0 Å². The first kappa shape index (κ1) is 18.6. The molecular weight excluding hydrogens is 352 g/mol. The first-order valence-corrected chi connectivity index (χ1v) is 9.86. The van der Waals surface area contributed by atoms with Gasteiger partial charge >= 0.3 is 0 Å². The molecule has 3 aromatic rings. The highest BCUT2D eigenvalue weighted by Gasteiger charge is 2.20. The summed E-state index contributed by atoms with van der Waals surface area (Å²) in [4.78, 5) is 15.8. The van der Waals surface area contributed by atoms with E-state index in [1.54, 1.807) is 6.20 Å². The van der Waals surface area contributed by atoms with Gasteiger partial charge in [-0.15, -0.1) is 0 Å². The lowest BCUT2D eigenvalue weighted by molar-refractivity contribution is 0.209. The van der Waals surface area contributed by atoms with E-state index in [0.29, 0.717) is 11.9 Å². The zero-order valence-electron chi connectivity index (χ0n) is 16.4. The number of anilines is 1. The maximum absolute atomic E-state index is 5.40. The summed E-state index contributed by atoms with van der Waals surface area (Å²) >= 11 is 0. The Morgan fingerprint density at radius 3 is 2.71 bits per heavy atom. The van der Waals surface area contributed by atoms with Crippen LogP contribution in [0.3, 0.4) is 0 Å². The molecule has 1 aliphatic heterocycles. The smallest absolute Gasteiger partial charge is 0.258 e. The van der Waals surface area contributed by atoms with Gasteiger partial charge in [-0.1, -0.05) is 25.1 Å². The van der Waals surface area contributed by atoms with E-state index >= 15 is 0 Å². The quantitative estimate of drug-likeness (QED) is 0.700. The summed E-state index contributed by atoms with van der Waals surface area (Å²) in [6, 6.07) is 10.4. The zero-order valence-corrected chi connectivity index (χ0v) is 16.4. The van der Waals surface area contributed by atoms with E-state index in [1.165, 1.54) is 0 Å². The number of likely N-dealkylation sites (tertiary alicyclic amines) is 1. The summed E-state index contributed by atoms with van der Waals surface area (Å²) in [6.45, 7) is 7.12. The Labute approximate surface area is 165 Å². The second-order valence-electron chi connectivity index (χ2n) is 7.56. The first-order valence-electron chi connectivity index (χ1n) is 9.86. The Morgan fingerprint density at radius 1 is 1.14 bits per heavy atom. The fourth-order valence-corrected chi connectivity index (χ4v) is 3.39. The zero-order chi connectivity index (χ0) is 19.3. The number of piperidine rings is 1. The Kier molecular flexibility index (Phi) is 5.62. The van der Waals surface area contributed by atoms with Crippen LogP contribution < -0.4 is 5.32 Å². The van der Waals surface area contributed by atoms with Gasteiger partial charge in [-0.25, -0.2) is 4.98 Å². The van der Waals surface area contributed by atoms with Gasteiger partial charge in [0.15, 0.2) is 5.82 Å². The van der Waals surface area contributed by atoms with Gasteiger partial charge in [0.2, 0.25) is 0 Å². The summed E-state index contributed by atoms with van der Waals surface area (Å²) in [5, 5.41) is 7.60. The molecule has 0 bridgehead atoms. The van der Waals surface area contributed by atoms with E-state index in [0.717, 1.165) is 55.4 Å². The molecule has 7 nitrogen and oxygen atoms in total. The number of rotatable bonds is 6. The summed E-state index contributed by atoms with van der Waals surface area (Å²) in [5.41, 5.74) is 2.02. The standard InChI is InChI=1S/C21H26N6O/c1-15(2)20-25-21(28-26-20)16-6-10-23-19(13-16)24-17-7-11-27(12-8-17)14-18-5-3-4-9-22-18/h3-6,9-10,13,15,17H,7-8,11-12,14H2,1-2H3,(H,23,24). The first-order chi connectivity index (χ1) is 13.7. The van der Waals surface area contributed by atoms with Crippen molar-refractivity contribution in [2.45, 2.75) is 45.2 Å². The molecule has 0 amide bonds. The number of aromatic nitrogens is 4. The molecule has 1 N–H and O–H groups in total. The maximum Gasteiger partial charge on any atom is 0.258 e. The third-order valence-electron chi connectivity index (χ3n) is 5.02. The topological polar surface area (TPSA) is 80.0 Å². The predicted octanol–water partition coefficient (Wildman–Crippen LogP) is 3.73. The van der Waals surface area contributed by atoms with Crippen molar-refractivity contribution in [3.8, 4) is 11.5 Å². The molecule has 0 aromatic carbocycles. The fourth-order valence-electron chi connectivity index (χ4n) is 3.39. The van der Waals surface area contributed by atoms with Gasteiger partial charge in [0, 0.05) is 49.6 Å². The van der Waals surface area contributed by atoms with Crippen molar-refractivity contribution >= 4 is 5.82 Å². The van der Waals surface area contributed by atoms with E-state index in [-0.39, 0.29) is 5.92 Å². The highest BCUT2D eigenvalue weighted by Crippen LogP contribution is 2.23. The highest BCUT2D eigenvalue weighted by molar-refractivity contribution is 5.58. The Balaban J connectivity index is 1.34. The lowest BCUT2D eigenvalue weighted by Gasteiger charge is -2.32. The molecule has 1 fully saturated rings. The molecule has 4 heterocycles. The molecule has 0 aliphatic carbocycles. The lowest BCUT2D eigenvalue weighted by Crippen LogP contribution is -2.38. The van der Waals surface area contributed by atoms with Crippen LogP contribution in [0.2, 0.25) is 0 Å². The molecule has 0 spiro atoms. The van der Waals surface area contributed by atoms with Gasteiger partial charge in [-0.05, 0) is 37.1 Å². The van der Waals surface area contributed by atoms with Crippen molar-refractivity contribution in [1.29, 1.82) is 0 Å². The van der Waals surface area contributed by atoms with Gasteiger partial charge in [-0.2, -0.15) is 4.98 Å². The Morgan fingerprint density at radius 2 is 2.00 bits per heavy atom. The molecule has 146 valence electrons. The number of pyridine rings is 2. The third kappa shape index (κ3) is 4.54. The van der Waals surface area contributed by atoms with Crippen molar-refractivity contribution in [3.05, 3.63) is 54.2 Å². The van der Waals surface area contributed by atoms with Gasteiger partial charge in [0.1, 0.15) is 5.82 Å². The highest BCUT2D eigenvalue weighted by atomic mass is 16.5. The number of nitrogens with zero attached hydrogens (tertiary/aromatic N) is 5. The summed E-state index contributed by atoms with van der Waals surface area (Å²) in [6.07, 6.45) is 5.80. The number of nitrogens with one attached hydrogen (secondary N) is 1. The van der Waals surface area contributed by atoms with Crippen molar-refractivity contribution in [2.24, 2.45) is 0 Å². The van der Waals surface area contributed by atoms with Crippen LogP contribution in [0.1, 0.15) is 44.1 Å². The minimum absolute atomic E-state index is 0.244. The molecule has 0 atom stereocenters. The van der Waals surface area contributed by atoms with Crippen LogP contribution >= 0.6 is 0 Å².